The van der Waals surface area contributed by atoms with Crippen LogP contribution in [0.4, 0.5) is 5.95 Å². The molecule has 6 heteroatoms. The Morgan fingerprint density at radius 3 is 2.72 bits per heavy atom. The summed E-state index contributed by atoms with van der Waals surface area (Å²) in [5.41, 5.74) is 6.34. The molecule has 0 saturated carbocycles. The summed E-state index contributed by atoms with van der Waals surface area (Å²) in [5.74, 6) is 0.533. The molecule has 0 aliphatic carbocycles. The lowest BCUT2D eigenvalue weighted by atomic mass is 10.2. The highest BCUT2D eigenvalue weighted by atomic mass is 35.5. The Hall–Kier alpha value is -1.88. The molecule has 2 aromatic rings. The summed E-state index contributed by atoms with van der Waals surface area (Å²) in [7, 11) is 0. The molecular formula is C12H13ClN4O. The lowest BCUT2D eigenvalue weighted by molar-refractivity contribution is 0.292. The molecule has 0 aliphatic heterocycles. The van der Waals surface area contributed by atoms with Crippen molar-refractivity contribution in [1.29, 1.82) is 0 Å². The van der Waals surface area contributed by atoms with Gasteiger partial charge in [0.05, 0.1) is 11.6 Å². The zero-order valence-electron chi connectivity index (χ0n) is 9.93. The van der Waals surface area contributed by atoms with Crippen molar-refractivity contribution < 1.29 is 4.74 Å². The molecule has 0 atom stereocenters. The first-order chi connectivity index (χ1) is 8.70. The fourth-order valence-corrected chi connectivity index (χ4v) is 1.61. The summed E-state index contributed by atoms with van der Waals surface area (Å²) in [6.45, 7) is 2.53. The van der Waals surface area contributed by atoms with E-state index in [-0.39, 0.29) is 12.0 Å². The summed E-state index contributed by atoms with van der Waals surface area (Å²) in [5, 5.41) is 0.560. The average molecular weight is 265 g/mol. The highest BCUT2D eigenvalue weighted by Crippen LogP contribution is 2.25. The van der Waals surface area contributed by atoms with Crippen LogP contribution in [0.2, 0.25) is 5.02 Å². The molecule has 0 bridgehead atoms. The monoisotopic (exact) mass is 264 g/mol. The average Bonchev–Trinajstić information content (AvgIpc) is 2.36. The molecule has 0 unspecified atom stereocenters. The third-order valence-corrected chi connectivity index (χ3v) is 2.51. The molecule has 2 rings (SSSR count). The van der Waals surface area contributed by atoms with Gasteiger partial charge in [-0.3, -0.25) is 0 Å². The Morgan fingerprint density at radius 1 is 1.22 bits per heavy atom. The maximum atomic E-state index is 6.09. The van der Waals surface area contributed by atoms with Gasteiger partial charge in [-0.15, -0.1) is 0 Å². The van der Waals surface area contributed by atoms with E-state index in [2.05, 4.69) is 15.0 Å². The van der Waals surface area contributed by atoms with Gasteiger partial charge in [0.15, 0.2) is 5.82 Å². The number of aromatic nitrogens is 3. The lowest BCUT2D eigenvalue weighted by Crippen LogP contribution is -2.05. The van der Waals surface area contributed by atoms with Gasteiger partial charge >= 0.3 is 6.01 Å². The van der Waals surface area contributed by atoms with E-state index >= 15 is 0 Å². The Morgan fingerprint density at radius 2 is 2.00 bits per heavy atom. The number of halogens is 1. The molecule has 0 fully saturated rings. The topological polar surface area (TPSA) is 73.9 Å². The van der Waals surface area contributed by atoms with Crippen LogP contribution >= 0.6 is 11.6 Å². The third-order valence-electron chi connectivity index (χ3n) is 2.18. The van der Waals surface area contributed by atoms with Crippen LogP contribution in [0.25, 0.3) is 11.4 Å². The van der Waals surface area contributed by atoms with Gasteiger partial charge in [-0.2, -0.15) is 15.0 Å². The van der Waals surface area contributed by atoms with E-state index in [0.717, 1.165) is 6.42 Å². The quantitative estimate of drug-likeness (QED) is 0.919. The van der Waals surface area contributed by atoms with Crippen LogP contribution in [0.1, 0.15) is 13.3 Å². The Kier molecular flexibility index (Phi) is 3.94. The standard InChI is InChI=1S/C12H13ClN4O/c1-2-7-18-12-16-10(15-11(14)17-12)8-5-3-4-6-9(8)13/h3-6H,2,7H2,1H3,(H2,14,15,16,17). The lowest BCUT2D eigenvalue weighted by Gasteiger charge is -2.06. The number of nitrogens with two attached hydrogens (primary N) is 1. The zero-order chi connectivity index (χ0) is 13.0. The summed E-state index contributed by atoms with van der Waals surface area (Å²) in [6, 6.07) is 7.50. The van der Waals surface area contributed by atoms with Crippen molar-refractivity contribution in [2.75, 3.05) is 12.3 Å². The minimum absolute atomic E-state index is 0.117. The molecule has 0 amide bonds. The van der Waals surface area contributed by atoms with Crippen molar-refractivity contribution in [1.82, 2.24) is 15.0 Å². The van der Waals surface area contributed by atoms with E-state index in [0.29, 0.717) is 23.0 Å². The third kappa shape index (κ3) is 2.87. The van der Waals surface area contributed by atoms with E-state index < -0.39 is 0 Å². The van der Waals surface area contributed by atoms with Crippen LogP contribution in [0.3, 0.4) is 0 Å². The van der Waals surface area contributed by atoms with Gasteiger partial charge in [0.25, 0.3) is 0 Å². The van der Waals surface area contributed by atoms with Gasteiger partial charge in [-0.1, -0.05) is 30.7 Å². The molecule has 0 radical (unpaired) electrons. The predicted octanol–water partition coefficient (Wildman–Crippen LogP) is 2.56. The molecule has 5 nitrogen and oxygen atoms in total. The van der Waals surface area contributed by atoms with Gasteiger partial charge < -0.3 is 10.5 Å². The SMILES string of the molecule is CCCOc1nc(N)nc(-c2ccccc2Cl)n1. The number of rotatable bonds is 4. The molecule has 94 valence electrons. The van der Waals surface area contributed by atoms with E-state index in [1.165, 1.54) is 0 Å². The van der Waals surface area contributed by atoms with Crippen molar-refractivity contribution in [2.45, 2.75) is 13.3 Å². The van der Waals surface area contributed by atoms with Crippen LogP contribution in [-0.2, 0) is 0 Å². The fourth-order valence-electron chi connectivity index (χ4n) is 1.39. The number of anilines is 1. The first-order valence-corrected chi connectivity index (χ1v) is 5.97. The molecule has 1 aromatic carbocycles. The molecular weight excluding hydrogens is 252 g/mol. The van der Waals surface area contributed by atoms with Crippen molar-refractivity contribution in [3.8, 4) is 17.4 Å². The minimum Gasteiger partial charge on any atom is -0.463 e. The molecule has 0 saturated heterocycles. The Labute approximate surface area is 110 Å². The Balaban J connectivity index is 2.39. The van der Waals surface area contributed by atoms with E-state index in [9.17, 15) is 0 Å². The van der Waals surface area contributed by atoms with Gasteiger partial charge in [0.1, 0.15) is 0 Å². The highest BCUT2D eigenvalue weighted by Gasteiger charge is 2.10. The molecule has 0 spiro atoms. The van der Waals surface area contributed by atoms with Crippen LogP contribution in [0, 0.1) is 0 Å². The fraction of sp³-hybridized carbons (Fsp3) is 0.250. The summed E-state index contributed by atoms with van der Waals surface area (Å²) < 4.78 is 5.35. The van der Waals surface area contributed by atoms with Gasteiger partial charge in [0, 0.05) is 5.56 Å². The smallest absolute Gasteiger partial charge is 0.321 e. The van der Waals surface area contributed by atoms with Gasteiger partial charge in [-0.25, -0.2) is 0 Å². The second-order valence-corrected chi connectivity index (χ2v) is 4.04. The maximum Gasteiger partial charge on any atom is 0.321 e. The maximum absolute atomic E-state index is 6.09. The van der Waals surface area contributed by atoms with Gasteiger partial charge in [-0.05, 0) is 18.6 Å². The molecule has 0 aliphatic rings. The number of nitrogens with zero attached hydrogens (tertiary/aromatic N) is 3. The summed E-state index contributed by atoms with van der Waals surface area (Å²) in [4.78, 5) is 12.2. The van der Waals surface area contributed by atoms with Crippen LogP contribution < -0.4 is 10.5 Å². The largest absolute Gasteiger partial charge is 0.463 e. The van der Waals surface area contributed by atoms with E-state index in [1.807, 2.05) is 25.1 Å². The number of nitrogen functional groups attached to an aromatic ring is 1. The Bertz CT molecular complexity index is 547. The first kappa shape index (κ1) is 12.6. The van der Waals surface area contributed by atoms with Crippen LogP contribution in [0.15, 0.2) is 24.3 Å². The second kappa shape index (κ2) is 5.64. The van der Waals surface area contributed by atoms with Crippen molar-refractivity contribution in [3.63, 3.8) is 0 Å². The van der Waals surface area contributed by atoms with E-state index in [1.54, 1.807) is 6.07 Å². The molecule has 18 heavy (non-hydrogen) atoms. The van der Waals surface area contributed by atoms with Gasteiger partial charge in [0.2, 0.25) is 5.95 Å². The molecule has 1 heterocycles. The highest BCUT2D eigenvalue weighted by molar-refractivity contribution is 6.33. The van der Waals surface area contributed by atoms with Crippen molar-refractivity contribution in [3.05, 3.63) is 29.3 Å². The minimum atomic E-state index is 0.117. The number of hydrogen-bond acceptors (Lipinski definition) is 5. The van der Waals surface area contributed by atoms with Crippen LogP contribution in [0.5, 0.6) is 6.01 Å². The number of hydrogen-bond donors (Lipinski definition) is 1. The first-order valence-electron chi connectivity index (χ1n) is 5.60. The predicted molar refractivity (Wildman–Crippen MR) is 70.5 cm³/mol. The second-order valence-electron chi connectivity index (χ2n) is 3.63. The number of benzene rings is 1. The normalized spacial score (nSPS) is 10.3. The molecule has 1 aromatic heterocycles. The van der Waals surface area contributed by atoms with E-state index in [4.69, 9.17) is 22.1 Å². The summed E-state index contributed by atoms with van der Waals surface area (Å²) >= 11 is 6.09. The van der Waals surface area contributed by atoms with Crippen LogP contribution in [-0.4, -0.2) is 21.6 Å². The summed E-state index contributed by atoms with van der Waals surface area (Å²) in [6.07, 6.45) is 0.868. The van der Waals surface area contributed by atoms with Crippen molar-refractivity contribution >= 4 is 17.5 Å². The molecule has 2 N–H and O–H groups in total. The zero-order valence-corrected chi connectivity index (χ0v) is 10.7. The van der Waals surface area contributed by atoms with Crippen molar-refractivity contribution in [2.24, 2.45) is 0 Å². The number of ether oxygens (including phenoxy) is 1.